The number of carbonyl (C=O) groups excluding carboxylic acids is 1. The summed E-state index contributed by atoms with van der Waals surface area (Å²) < 4.78 is 33.7. The molecule has 0 fully saturated rings. The summed E-state index contributed by atoms with van der Waals surface area (Å²) in [5.41, 5.74) is 2.14. The van der Waals surface area contributed by atoms with Crippen molar-refractivity contribution in [3.63, 3.8) is 0 Å². The number of aryl methyl sites for hydroxylation is 1. The molecule has 0 saturated carbocycles. The monoisotopic (exact) mass is 452 g/mol. The fourth-order valence-electron chi connectivity index (χ4n) is 3.49. The van der Waals surface area contributed by atoms with Crippen molar-refractivity contribution in [3.05, 3.63) is 90.0 Å². The number of methoxy groups -OCH3 is 1. The number of hydrogen-bond acceptors (Lipinski definition) is 4. The van der Waals surface area contributed by atoms with Gasteiger partial charge < -0.3 is 10.1 Å². The highest BCUT2D eigenvalue weighted by atomic mass is 32.2. The SMILES string of the molecule is CC[C@@H](NC(=O)CN(c1cc(C)ccc1OC)S(=O)(=O)c1ccccc1)c1ccccc1. The number of nitrogens with one attached hydrogen (secondary N) is 1. The largest absolute Gasteiger partial charge is 0.495 e. The van der Waals surface area contributed by atoms with E-state index in [0.717, 1.165) is 15.4 Å². The highest BCUT2D eigenvalue weighted by Gasteiger charge is 2.30. The molecule has 1 amide bonds. The molecule has 1 atom stereocenters. The maximum Gasteiger partial charge on any atom is 0.264 e. The minimum absolute atomic E-state index is 0.103. The van der Waals surface area contributed by atoms with Crippen LogP contribution < -0.4 is 14.4 Å². The Morgan fingerprint density at radius 2 is 1.62 bits per heavy atom. The van der Waals surface area contributed by atoms with E-state index >= 15 is 0 Å². The molecule has 0 unspecified atom stereocenters. The number of hydrogen-bond donors (Lipinski definition) is 1. The van der Waals surface area contributed by atoms with E-state index in [1.54, 1.807) is 30.3 Å². The Balaban J connectivity index is 1.98. The Bertz CT molecular complexity index is 1150. The van der Waals surface area contributed by atoms with Crippen LogP contribution in [0.2, 0.25) is 0 Å². The van der Waals surface area contributed by atoms with Gasteiger partial charge in [0.25, 0.3) is 10.0 Å². The van der Waals surface area contributed by atoms with Gasteiger partial charge in [-0.15, -0.1) is 0 Å². The molecule has 0 bridgehead atoms. The second-order valence-corrected chi connectivity index (χ2v) is 9.30. The van der Waals surface area contributed by atoms with Crippen LogP contribution in [0.25, 0.3) is 0 Å². The summed E-state index contributed by atoms with van der Waals surface area (Å²) in [4.78, 5) is 13.2. The summed E-state index contributed by atoms with van der Waals surface area (Å²) in [5.74, 6) is -0.0261. The van der Waals surface area contributed by atoms with Crippen molar-refractivity contribution in [3.8, 4) is 5.75 Å². The zero-order valence-electron chi connectivity index (χ0n) is 18.5. The van der Waals surface area contributed by atoms with E-state index in [0.29, 0.717) is 17.9 Å². The summed E-state index contributed by atoms with van der Waals surface area (Å²) >= 11 is 0. The lowest BCUT2D eigenvalue weighted by atomic mass is 10.0. The van der Waals surface area contributed by atoms with Crippen molar-refractivity contribution in [1.29, 1.82) is 0 Å². The molecule has 0 aliphatic rings. The van der Waals surface area contributed by atoms with Gasteiger partial charge >= 0.3 is 0 Å². The molecule has 0 aliphatic heterocycles. The lowest BCUT2D eigenvalue weighted by Crippen LogP contribution is -2.42. The molecule has 0 saturated heterocycles. The number of sulfonamides is 1. The second kappa shape index (κ2) is 10.3. The van der Waals surface area contributed by atoms with Crippen molar-refractivity contribution < 1.29 is 17.9 Å². The molecule has 0 aliphatic carbocycles. The van der Waals surface area contributed by atoms with E-state index in [1.807, 2.05) is 50.2 Å². The minimum Gasteiger partial charge on any atom is -0.495 e. The van der Waals surface area contributed by atoms with E-state index in [1.165, 1.54) is 19.2 Å². The van der Waals surface area contributed by atoms with Crippen LogP contribution in [0.4, 0.5) is 5.69 Å². The Labute approximate surface area is 189 Å². The van der Waals surface area contributed by atoms with Gasteiger partial charge in [-0.1, -0.05) is 61.5 Å². The maximum absolute atomic E-state index is 13.6. The molecule has 32 heavy (non-hydrogen) atoms. The van der Waals surface area contributed by atoms with E-state index < -0.39 is 15.9 Å². The molecule has 1 N–H and O–H groups in total. The molecule has 3 aromatic rings. The van der Waals surface area contributed by atoms with Gasteiger partial charge in [0.1, 0.15) is 12.3 Å². The third-order valence-corrected chi connectivity index (χ3v) is 6.94. The summed E-state index contributed by atoms with van der Waals surface area (Å²) in [6.45, 7) is 3.46. The van der Waals surface area contributed by atoms with Crippen LogP contribution in [0.1, 0.15) is 30.5 Å². The van der Waals surface area contributed by atoms with Crippen LogP contribution in [0, 0.1) is 6.92 Å². The molecule has 3 aromatic carbocycles. The van der Waals surface area contributed by atoms with Crippen molar-refractivity contribution in [2.24, 2.45) is 0 Å². The van der Waals surface area contributed by atoms with E-state index in [2.05, 4.69) is 5.32 Å². The van der Waals surface area contributed by atoms with Gasteiger partial charge in [0.15, 0.2) is 0 Å². The van der Waals surface area contributed by atoms with Gasteiger partial charge in [-0.05, 0) is 48.7 Å². The predicted octanol–water partition coefficient (Wildman–Crippen LogP) is 4.47. The van der Waals surface area contributed by atoms with Crippen LogP contribution >= 0.6 is 0 Å². The van der Waals surface area contributed by atoms with Crippen LogP contribution in [0.5, 0.6) is 5.75 Å². The standard InChI is InChI=1S/C25H28N2O4S/c1-4-22(20-11-7-5-8-12-20)26-25(28)18-27(23-17-19(2)15-16-24(23)31-3)32(29,30)21-13-9-6-10-14-21/h5-17,22H,4,18H2,1-3H3,(H,26,28)/t22-/m1/s1. The molecule has 0 aromatic heterocycles. The summed E-state index contributed by atoms with van der Waals surface area (Å²) in [5, 5.41) is 2.97. The first kappa shape index (κ1) is 23.3. The number of carbonyl (C=O) groups is 1. The average molecular weight is 453 g/mol. The molecule has 0 heterocycles. The zero-order chi connectivity index (χ0) is 23.1. The molecule has 0 spiro atoms. The van der Waals surface area contributed by atoms with Crippen LogP contribution in [-0.4, -0.2) is 28.0 Å². The van der Waals surface area contributed by atoms with Crippen molar-refractivity contribution in [1.82, 2.24) is 5.32 Å². The normalized spacial score (nSPS) is 12.1. The van der Waals surface area contributed by atoms with Gasteiger partial charge in [-0.3, -0.25) is 9.10 Å². The third-order valence-electron chi connectivity index (χ3n) is 5.17. The summed E-state index contributed by atoms with van der Waals surface area (Å²) in [7, 11) is -2.54. The molecule has 0 radical (unpaired) electrons. The quantitative estimate of drug-likeness (QED) is 0.520. The number of anilines is 1. The van der Waals surface area contributed by atoms with Crippen molar-refractivity contribution >= 4 is 21.6 Å². The van der Waals surface area contributed by atoms with E-state index in [4.69, 9.17) is 4.74 Å². The first-order valence-corrected chi connectivity index (χ1v) is 11.9. The number of ether oxygens (including phenoxy) is 1. The van der Waals surface area contributed by atoms with Crippen LogP contribution in [-0.2, 0) is 14.8 Å². The fourth-order valence-corrected chi connectivity index (χ4v) is 4.94. The Hall–Kier alpha value is -3.32. The highest BCUT2D eigenvalue weighted by Crippen LogP contribution is 2.33. The molecule has 3 rings (SSSR count). The van der Waals surface area contributed by atoms with Gasteiger partial charge in [-0.2, -0.15) is 0 Å². The minimum atomic E-state index is -4.01. The summed E-state index contributed by atoms with van der Waals surface area (Å²) in [6, 6.07) is 22.7. The van der Waals surface area contributed by atoms with Crippen molar-refractivity contribution in [2.75, 3.05) is 18.0 Å². The van der Waals surface area contributed by atoms with Crippen LogP contribution in [0.15, 0.2) is 83.8 Å². The molecule has 168 valence electrons. The summed E-state index contributed by atoms with van der Waals surface area (Å²) in [6.07, 6.45) is 0.676. The predicted molar refractivity (Wildman–Crippen MR) is 126 cm³/mol. The molecule has 6 nitrogen and oxygen atoms in total. The Morgan fingerprint density at radius 3 is 2.22 bits per heavy atom. The van der Waals surface area contributed by atoms with E-state index in [-0.39, 0.29) is 17.5 Å². The lowest BCUT2D eigenvalue weighted by Gasteiger charge is -2.27. The van der Waals surface area contributed by atoms with E-state index in [9.17, 15) is 13.2 Å². The Kier molecular flexibility index (Phi) is 7.53. The number of nitrogens with zero attached hydrogens (tertiary/aromatic N) is 1. The first-order chi connectivity index (χ1) is 15.4. The lowest BCUT2D eigenvalue weighted by molar-refractivity contribution is -0.120. The molecular formula is C25H28N2O4S. The topological polar surface area (TPSA) is 75.7 Å². The van der Waals surface area contributed by atoms with Gasteiger partial charge in [0.05, 0.1) is 23.7 Å². The highest BCUT2D eigenvalue weighted by molar-refractivity contribution is 7.92. The number of benzene rings is 3. The smallest absolute Gasteiger partial charge is 0.264 e. The van der Waals surface area contributed by atoms with Gasteiger partial charge in [-0.25, -0.2) is 8.42 Å². The average Bonchev–Trinajstić information content (AvgIpc) is 2.82. The zero-order valence-corrected chi connectivity index (χ0v) is 19.3. The van der Waals surface area contributed by atoms with Gasteiger partial charge in [0.2, 0.25) is 5.91 Å². The fraction of sp³-hybridized carbons (Fsp3) is 0.240. The Morgan fingerprint density at radius 1 is 1.00 bits per heavy atom. The van der Waals surface area contributed by atoms with Crippen LogP contribution in [0.3, 0.4) is 0 Å². The number of amides is 1. The maximum atomic E-state index is 13.6. The number of rotatable bonds is 9. The second-order valence-electron chi connectivity index (χ2n) is 7.44. The molecule has 7 heteroatoms. The molecular weight excluding hydrogens is 424 g/mol. The van der Waals surface area contributed by atoms with Gasteiger partial charge in [0, 0.05) is 0 Å². The first-order valence-electron chi connectivity index (χ1n) is 10.4. The third kappa shape index (κ3) is 5.29. The van der Waals surface area contributed by atoms with Crippen molar-refractivity contribution in [2.45, 2.75) is 31.2 Å².